The highest BCUT2D eigenvalue weighted by Gasteiger charge is 2.19. The van der Waals surface area contributed by atoms with Crippen LogP contribution in [0.4, 0.5) is 5.69 Å². The van der Waals surface area contributed by atoms with Gasteiger partial charge >= 0.3 is 0 Å². The molecule has 1 aliphatic heterocycles. The summed E-state index contributed by atoms with van der Waals surface area (Å²) in [6.07, 6.45) is 2.39. The predicted octanol–water partition coefficient (Wildman–Crippen LogP) is 2.74. The summed E-state index contributed by atoms with van der Waals surface area (Å²) in [5, 5.41) is 9.29. The largest absolute Gasteiger partial charge is 0.396 e. The van der Waals surface area contributed by atoms with Crippen LogP contribution in [-0.2, 0) is 6.54 Å². The van der Waals surface area contributed by atoms with Crippen molar-refractivity contribution in [1.29, 1.82) is 0 Å². The summed E-state index contributed by atoms with van der Waals surface area (Å²) in [6, 6.07) is 8.96. The van der Waals surface area contributed by atoms with E-state index in [1.807, 2.05) is 0 Å². The molecule has 0 aliphatic carbocycles. The van der Waals surface area contributed by atoms with Crippen LogP contribution >= 0.6 is 0 Å². The first kappa shape index (κ1) is 15.3. The van der Waals surface area contributed by atoms with Gasteiger partial charge in [-0.3, -0.25) is 4.90 Å². The predicted molar refractivity (Wildman–Crippen MR) is 85.1 cm³/mol. The Labute approximate surface area is 123 Å². The van der Waals surface area contributed by atoms with E-state index in [9.17, 15) is 5.11 Å². The van der Waals surface area contributed by atoms with Crippen molar-refractivity contribution in [3.05, 3.63) is 29.8 Å². The second-order valence-corrected chi connectivity index (χ2v) is 5.76. The summed E-state index contributed by atoms with van der Waals surface area (Å²) in [6.45, 7) is 10.0. The van der Waals surface area contributed by atoms with E-state index in [2.05, 4.69) is 47.9 Å². The highest BCUT2D eigenvalue weighted by Crippen LogP contribution is 2.20. The lowest BCUT2D eigenvalue weighted by Gasteiger charge is -2.31. The molecular formula is C17H28N2O. The maximum Gasteiger partial charge on any atom is 0.0471 e. The van der Waals surface area contributed by atoms with Gasteiger partial charge in [-0.2, -0.15) is 0 Å². The molecule has 1 N–H and O–H groups in total. The topological polar surface area (TPSA) is 26.7 Å². The summed E-state index contributed by atoms with van der Waals surface area (Å²) in [7, 11) is 0. The highest BCUT2D eigenvalue weighted by atomic mass is 16.3. The van der Waals surface area contributed by atoms with Gasteiger partial charge in [0.2, 0.25) is 0 Å². The molecule has 0 spiro atoms. The van der Waals surface area contributed by atoms with E-state index in [4.69, 9.17) is 0 Å². The van der Waals surface area contributed by atoms with Gasteiger partial charge in [-0.05, 0) is 56.8 Å². The van der Waals surface area contributed by atoms with Crippen molar-refractivity contribution < 1.29 is 5.11 Å². The molecule has 1 heterocycles. The maximum absolute atomic E-state index is 9.29. The van der Waals surface area contributed by atoms with Crippen LogP contribution in [0.2, 0.25) is 0 Å². The number of aliphatic hydroxyl groups excluding tert-OH is 1. The van der Waals surface area contributed by atoms with Crippen LogP contribution in [0.25, 0.3) is 0 Å². The molecule has 1 aromatic rings. The minimum atomic E-state index is 0.331. The maximum atomic E-state index is 9.29. The Morgan fingerprint density at radius 2 is 1.90 bits per heavy atom. The number of aliphatic hydroxyl groups is 1. The Morgan fingerprint density at radius 3 is 2.50 bits per heavy atom. The highest BCUT2D eigenvalue weighted by molar-refractivity contribution is 5.47. The van der Waals surface area contributed by atoms with Gasteiger partial charge < -0.3 is 10.0 Å². The van der Waals surface area contributed by atoms with Crippen LogP contribution in [0.15, 0.2) is 24.3 Å². The molecule has 0 saturated carbocycles. The smallest absolute Gasteiger partial charge is 0.0471 e. The fraction of sp³-hybridized carbons (Fsp3) is 0.647. The van der Waals surface area contributed by atoms with Crippen LogP contribution < -0.4 is 4.90 Å². The van der Waals surface area contributed by atoms with Crippen LogP contribution in [0.1, 0.15) is 32.3 Å². The zero-order valence-corrected chi connectivity index (χ0v) is 12.9. The van der Waals surface area contributed by atoms with Crippen molar-refractivity contribution in [2.45, 2.75) is 33.2 Å². The average molecular weight is 276 g/mol. The molecule has 1 aromatic carbocycles. The molecule has 1 saturated heterocycles. The molecule has 0 bridgehead atoms. The summed E-state index contributed by atoms with van der Waals surface area (Å²) in [5.41, 5.74) is 2.69. The number of piperidine rings is 1. The SMILES string of the molecule is CCN(CC)c1ccc(CN2CCC[C@H](CO)C2)cc1. The molecule has 3 nitrogen and oxygen atoms in total. The molecule has 112 valence electrons. The van der Waals surface area contributed by atoms with Crippen LogP contribution in [-0.4, -0.2) is 42.8 Å². The van der Waals surface area contributed by atoms with Gasteiger partial charge in [0.05, 0.1) is 0 Å². The Kier molecular flexibility index (Phi) is 5.86. The molecule has 0 amide bonds. The molecule has 1 aliphatic rings. The minimum absolute atomic E-state index is 0.331. The van der Waals surface area contributed by atoms with Gasteiger partial charge in [-0.25, -0.2) is 0 Å². The van der Waals surface area contributed by atoms with Gasteiger partial charge in [-0.15, -0.1) is 0 Å². The Balaban J connectivity index is 1.93. The van der Waals surface area contributed by atoms with Crippen molar-refractivity contribution in [3.8, 4) is 0 Å². The summed E-state index contributed by atoms with van der Waals surface area (Å²) >= 11 is 0. The molecule has 20 heavy (non-hydrogen) atoms. The summed E-state index contributed by atoms with van der Waals surface area (Å²) < 4.78 is 0. The lowest BCUT2D eigenvalue weighted by molar-refractivity contribution is 0.116. The fourth-order valence-corrected chi connectivity index (χ4v) is 3.10. The van der Waals surface area contributed by atoms with Gasteiger partial charge in [0.25, 0.3) is 0 Å². The molecule has 1 fully saturated rings. The first-order valence-corrected chi connectivity index (χ1v) is 7.93. The summed E-state index contributed by atoms with van der Waals surface area (Å²) in [4.78, 5) is 4.84. The van der Waals surface area contributed by atoms with Crippen molar-refractivity contribution in [3.63, 3.8) is 0 Å². The zero-order valence-electron chi connectivity index (χ0n) is 12.9. The minimum Gasteiger partial charge on any atom is -0.396 e. The van der Waals surface area contributed by atoms with E-state index < -0.39 is 0 Å². The first-order valence-electron chi connectivity index (χ1n) is 7.93. The van der Waals surface area contributed by atoms with Crippen molar-refractivity contribution in [2.24, 2.45) is 5.92 Å². The van der Waals surface area contributed by atoms with Crippen LogP contribution in [0.3, 0.4) is 0 Å². The zero-order chi connectivity index (χ0) is 14.4. The van der Waals surface area contributed by atoms with Crippen LogP contribution in [0, 0.1) is 5.92 Å². The standard InChI is InChI=1S/C17H28N2O/c1-3-19(4-2)17-9-7-15(8-10-17)12-18-11-5-6-16(13-18)14-20/h7-10,16,20H,3-6,11-14H2,1-2H3/t16-/m0/s1. The molecule has 3 heteroatoms. The average Bonchev–Trinajstić information content (AvgIpc) is 2.50. The lowest BCUT2D eigenvalue weighted by Crippen LogP contribution is -2.36. The van der Waals surface area contributed by atoms with Gasteiger partial charge in [0, 0.05) is 38.5 Å². The Bertz CT molecular complexity index is 386. The third-order valence-corrected chi connectivity index (χ3v) is 4.33. The summed E-state index contributed by atoms with van der Waals surface area (Å²) in [5.74, 6) is 0.471. The molecule has 2 rings (SSSR count). The van der Waals surface area contributed by atoms with E-state index >= 15 is 0 Å². The van der Waals surface area contributed by atoms with Crippen LogP contribution in [0.5, 0.6) is 0 Å². The Morgan fingerprint density at radius 1 is 1.20 bits per heavy atom. The van der Waals surface area contributed by atoms with E-state index in [0.717, 1.165) is 32.7 Å². The van der Waals surface area contributed by atoms with Crippen molar-refractivity contribution in [1.82, 2.24) is 4.90 Å². The van der Waals surface area contributed by atoms with E-state index in [1.54, 1.807) is 0 Å². The van der Waals surface area contributed by atoms with E-state index in [1.165, 1.54) is 24.1 Å². The number of hydrogen-bond acceptors (Lipinski definition) is 3. The molecular weight excluding hydrogens is 248 g/mol. The van der Waals surface area contributed by atoms with Gasteiger partial charge in [-0.1, -0.05) is 12.1 Å². The normalized spacial score (nSPS) is 20.1. The number of anilines is 1. The number of hydrogen-bond donors (Lipinski definition) is 1. The second-order valence-electron chi connectivity index (χ2n) is 5.76. The number of benzene rings is 1. The van der Waals surface area contributed by atoms with Crippen molar-refractivity contribution in [2.75, 3.05) is 37.7 Å². The fourth-order valence-electron chi connectivity index (χ4n) is 3.10. The third-order valence-electron chi connectivity index (χ3n) is 4.33. The third kappa shape index (κ3) is 3.97. The van der Waals surface area contributed by atoms with Gasteiger partial charge in [0.1, 0.15) is 0 Å². The monoisotopic (exact) mass is 276 g/mol. The number of nitrogens with zero attached hydrogens (tertiary/aromatic N) is 2. The molecule has 1 atom stereocenters. The molecule has 0 unspecified atom stereocenters. The number of rotatable bonds is 6. The van der Waals surface area contributed by atoms with E-state index in [-0.39, 0.29) is 0 Å². The first-order chi connectivity index (χ1) is 9.76. The van der Waals surface area contributed by atoms with Crippen molar-refractivity contribution >= 4 is 5.69 Å². The second kappa shape index (κ2) is 7.65. The Hall–Kier alpha value is -1.06. The number of likely N-dealkylation sites (tertiary alicyclic amines) is 1. The lowest BCUT2D eigenvalue weighted by atomic mass is 9.98. The molecule has 0 radical (unpaired) electrons. The van der Waals surface area contributed by atoms with Gasteiger partial charge in [0.15, 0.2) is 0 Å². The quantitative estimate of drug-likeness (QED) is 0.865. The molecule has 0 aromatic heterocycles. The van der Waals surface area contributed by atoms with E-state index in [0.29, 0.717) is 12.5 Å².